The van der Waals surface area contributed by atoms with E-state index in [1.54, 1.807) is 6.92 Å². The van der Waals surface area contributed by atoms with Gasteiger partial charge in [0.25, 0.3) is 0 Å². The average Bonchev–Trinajstić information content (AvgIpc) is 2.49. The van der Waals surface area contributed by atoms with E-state index in [9.17, 15) is 9.90 Å². The van der Waals surface area contributed by atoms with Crippen molar-refractivity contribution >= 4 is 5.97 Å². The van der Waals surface area contributed by atoms with Crippen molar-refractivity contribution in [1.29, 1.82) is 0 Å². The second-order valence-corrected chi connectivity index (χ2v) is 6.60. The van der Waals surface area contributed by atoms with Crippen LogP contribution in [0.4, 0.5) is 0 Å². The number of ether oxygens (including phenoxy) is 1. The van der Waals surface area contributed by atoms with Crippen molar-refractivity contribution in [1.82, 2.24) is 5.32 Å². The summed E-state index contributed by atoms with van der Waals surface area (Å²) in [4.78, 5) is 11.4. The molecule has 0 aromatic rings. The SMILES string of the molecule is CCCNC(C)(CCCOC1CCCC(CC)C1)C(=O)O. The van der Waals surface area contributed by atoms with E-state index in [4.69, 9.17) is 4.74 Å². The fourth-order valence-corrected chi connectivity index (χ4v) is 3.11. The Hall–Kier alpha value is -0.610. The quantitative estimate of drug-likeness (QED) is 0.605. The molecule has 4 heteroatoms. The maximum absolute atomic E-state index is 11.4. The third-order valence-electron chi connectivity index (χ3n) is 4.72. The summed E-state index contributed by atoms with van der Waals surface area (Å²) in [6.07, 6.45) is 8.96. The van der Waals surface area contributed by atoms with Gasteiger partial charge >= 0.3 is 5.97 Å². The second-order valence-electron chi connectivity index (χ2n) is 6.60. The van der Waals surface area contributed by atoms with Gasteiger partial charge in [-0.25, -0.2) is 0 Å². The zero-order valence-corrected chi connectivity index (χ0v) is 14.0. The van der Waals surface area contributed by atoms with Crippen LogP contribution in [-0.4, -0.2) is 35.9 Å². The minimum Gasteiger partial charge on any atom is -0.480 e. The predicted molar refractivity (Wildman–Crippen MR) is 85.6 cm³/mol. The molecule has 3 unspecified atom stereocenters. The molecule has 0 aromatic heterocycles. The lowest BCUT2D eigenvalue weighted by atomic mass is 9.85. The molecule has 0 amide bonds. The van der Waals surface area contributed by atoms with Gasteiger partial charge in [0, 0.05) is 6.61 Å². The van der Waals surface area contributed by atoms with E-state index in [1.165, 1.54) is 32.1 Å². The first-order valence-corrected chi connectivity index (χ1v) is 8.61. The predicted octanol–water partition coefficient (Wildman–Crippen LogP) is 3.59. The summed E-state index contributed by atoms with van der Waals surface area (Å²) in [6, 6.07) is 0. The van der Waals surface area contributed by atoms with Crippen LogP contribution in [0.25, 0.3) is 0 Å². The summed E-state index contributed by atoms with van der Waals surface area (Å²) >= 11 is 0. The number of carboxylic acids is 1. The van der Waals surface area contributed by atoms with Gasteiger partial charge in [0.2, 0.25) is 0 Å². The van der Waals surface area contributed by atoms with Crippen LogP contribution in [0.2, 0.25) is 0 Å². The van der Waals surface area contributed by atoms with E-state index < -0.39 is 11.5 Å². The second kappa shape index (κ2) is 9.42. The Morgan fingerprint density at radius 3 is 2.76 bits per heavy atom. The summed E-state index contributed by atoms with van der Waals surface area (Å²) in [5, 5.41) is 12.5. The summed E-state index contributed by atoms with van der Waals surface area (Å²) in [5.41, 5.74) is -0.822. The molecule has 0 saturated heterocycles. The van der Waals surface area contributed by atoms with Crippen LogP contribution in [0.3, 0.4) is 0 Å². The van der Waals surface area contributed by atoms with Crippen LogP contribution in [-0.2, 0) is 9.53 Å². The van der Waals surface area contributed by atoms with Gasteiger partial charge < -0.3 is 15.2 Å². The molecule has 0 spiro atoms. The van der Waals surface area contributed by atoms with E-state index in [2.05, 4.69) is 12.2 Å². The highest BCUT2D eigenvalue weighted by Gasteiger charge is 2.31. The van der Waals surface area contributed by atoms with E-state index in [-0.39, 0.29) is 0 Å². The lowest BCUT2D eigenvalue weighted by Crippen LogP contribution is -2.49. The van der Waals surface area contributed by atoms with Gasteiger partial charge in [-0.15, -0.1) is 0 Å². The monoisotopic (exact) mass is 299 g/mol. The molecule has 0 heterocycles. The van der Waals surface area contributed by atoms with Crippen molar-refractivity contribution in [2.24, 2.45) is 5.92 Å². The maximum atomic E-state index is 11.4. The molecule has 1 aliphatic rings. The van der Waals surface area contributed by atoms with Gasteiger partial charge in [-0.2, -0.15) is 0 Å². The highest BCUT2D eigenvalue weighted by atomic mass is 16.5. The molecule has 0 aliphatic heterocycles. The standard InChI is InChI=1S/C17H33NO3/c1-4-11-18-17(3,16(19)20)10-7-12-21-15-9-6-8-14(5-2)13-15/h14-15,18H,4-13H2,1-3H3,(H,19,20). The molecular formula is C17H33NO3. The normalized spacial score (nSPS) is 25.5. The van der Waals surface area contributed by atoms with Gasteiger partial charge in [0.15, 0.2) is 0 Å². The summed E-state index contributed by atoms with van der Waals surface area (Å²) in [6.45, 7) is 7.50. The highest BCUT2D eigenvalue weighted by Crippen LogP contribution is 2.28. The topological polar surface area (TPSA) is 58.6 Å². The summed E-state index contributed by atoms with van der Waals surface area (Å²) in [5.74, 6) is 0.0546. The number of hydrogen-bond acceptors (Lipinski definition) is 3. The van der Waals surface area contributed by atoms with E-state index >= 15 is 0 Å². The highest BCUT2D eigenvalue weighted by molar-refractivity contribution is 5.78. The van der Waals surface area contributed by atoms with Crippen molar-refractivity contribution in [3.8, 4) is 0 Å². The molecule has 2 N–H and O–H groups in total. The molecule has 21 heavy (non-hydrogen) atoms. The average molecular weight is 299 g/mol. The van der Waals surface area contributed by atoms with E-state index in [0.717, 1.165) is 25.3 Å². The number of nitrogens with one attached hydrogen (secondary N) is 1. The fraction of sp³-hybridized carbons (Fsp3) is 0.941. The van der Waals surface area contributed by atoms with Gasteiger partial charge in [-0.3, -0.25) is 4.79 Å². The van der Waals surface area contributed by atoms with Crippen molar-refractivity contribution in [2.45, 2.75) is 83.8 Å². The Bertz CT molecular complexity index is 308. The van der Waals surface area contributed by atoms with Crippen LogP contribution in [0.5, 0.6) is 0 Å². The Kier molecular flexibility index (Phi) is 8.27. The molecule has 1 aliphatic carbocycles. The largest absolute Gasteiger partial charge is 0.480 e. The zero-order chi connectivity index (χ0) is 15.7. The minimum atomic E-state index is -0.822. The van der Waals surface area contributed by atoms with Crippen LogP contribution < -0.4 is 5.32 Å². The van der Waals surface area contributed by atoms with Crippen molar-refractivity contribution in [3.63, 3.8) is 0 Å². The van der Waals surface area contributed by atoms with Gasteiger partial charge in [0.05, 0.1) is 6.10 Å². The molecule has 1 saturated carbocycles. The van der Waals surface area contributed by atoms with Gasteiger partial charge in [0.1, 0.15) is 5.54 Å². The Labute approximate surface area is 129 Å². The summed E-state index contributed by atoms with van der Waals surface area (Å²) in [7, 11) is 0. The molecule has 1 rings (SSSR count). The maximum Gasteiger partial charge on any atom is 0.323 e. The van der Waals surface area contributed by atoms with Gasteiger partial charge in [-0.05, 0) is 51.5 Å². The molecule has 1 fully saturated rings. The Balaban J connectivity index is 2.26. The molecular weight excluding hydrogens is 266 g/mol. The Morgan fingerprint density at radius 2 is 2.14 bits per heavy atom. The molecule has 4 nitrogen and oxygen atoms in total. The third-order valence-corrected chi connectivity index (χ3v) is 4.72. The van der Waals surface area contributed by atoms with Crippen LogP contribution in [0, 0.1) is 5.92 Å². The van der Waals surface area contributed by atoms with Crippen LogP contribution in [0.1, 0.15) is 72.1 Å². The first-order chi connectivity index (χ1) is 10.0. The molecule has 0 radical (unpaired) electrons. The van der Waals surface area contributed by atoms with E-state index in [0.29, 0.717) is 19.1 Å². The van der Waals surface area contributed by atoms with Crippen LogP contribution >= 0.6 is 0 Å². The third kappa shape index (κ3) is 6.35. The van der Waals surface area contributed by atoms with Crippen molar-refractivity contribution < 1.29 is 14.6 Å². The number of aliphatic carboxylic acids is 1. The van der Waals surface area contributed by atoms with E-state index in [1.807, 2.05) is 6.92 Å². The molecule has 0 bridgehead atoms. The molecule has 3 atom stereocenters. The fourth-order valence-electron chi connectivity index (χ4n) is 3.11. The number of carbonyl (C=O) groups is 1. The summed E-state index contributed by atoms with van der Waals surface area (Å²) < 4.78 is 5.97. The van der Waals surface area contributed by atoms with Crippen molar-refractivity contribution in [2.75, 3.05) is 13.2 Å². The molecule has 0 aromatic carbocycles. The lowest BCUT2D eigenvalue weighted by Gasteiger charge is -2.29. The number of rotatable bonds is 10. The Morgan fingerprint density at radius 1 is 1.38 bits per heavy atom. The first-order valence-electron chi connectivity index (χ1n) is 8.61. The smallest absolute Gasteiger partial charge is 0.323 e. The first kappa shape index (κ1) is 18.4. The zero-order valence-electron chi connectivity index (χ0n) is 14.0. The number of carboxylic acid groups (broad SMARTS) is 1. The van der Waals surface area contributed by atoms with Crippen molar-refractivity contribution in [3.05, 3.63) is 0 Å². The minimum absolute atomic E-state index is 0.392. The lowest BCUT2D eigenvalue weighted by molar-refractivity contribution is -0.144. The molecule has 124 valence electrons. The van der Waals surface area contributed by atoms with Crippen LogP contribution in [0.15, 0.2) is 0 Å². The number of hydrogen-bond donors (Lipinski definition) is 2. The van der Waals surface area contributed by atoms with Gasteiger partial charge in [-0.1, -0.05) is 33.1 Å².